The monoisotopic (exact) mass is 424 g/mol. The van der Waals surface area contributed by atoms with Crippen LogP contribution in [0.3, 0.4) is 0 Å². The van der Waals surface area contributed by atoms with Crippen molar-refractivity contribution in [2.45, 2.75) is 45.3 Å². The molecule has 2 fully saturated rings. The van der Waals surface area contributed by atoms with Crippen molar-refractivity contribution in [1.82, 2.24) is 4.90 Å². The number of non-ortho nitro benzene ring substituents is 1. The highest BCUT2D eigenvalue weighted by Gasteiger charge is 2.27. The van der Waals surface area contributed by atoms with Crippen molar-refractivity contribution in [3.63, 3.8) is 0 Å². The number of nitrogens with zero attached hydrogens (tertiary/aromatic N) is 3. The molecule has 0 saturated carbocycles. The number of carbonyl (C=O) groups excluding carboxylic acids is 1. The lowest BCUT2D eigenvalue weighted by Crippen LogP contribution is -2.36. The van der Waals surface area contributed by atoms with Gasteiger partial charge < -0.3 is 10.1 Å². The average molecular weight is 425 g/mol. The van der Waals surface area contributed by atoms with E-state index >= 15 is 0 Å². The number of nitro benzene ring substituents is 1. The first kappa shape index (κ1) is 21.1. The van der Waals surface area contributed by atoms with Crippen molar-refractivity contribution in [1.29, 1.82) is 0 Å². The number of hydrogen-bond donors (Lipinski definition) is 1. The molecule has 2 aromatic rings. The van der Waals surface area contributed by atoms with E-state index in [1.54, 1.807) is 6.07 Å². The number of carbonyl (C=O) groups is 1. The van der Waals surface area contributed by atoms with Crippen molar-refractivity contribution >= 4 is 23.2 Å². The third kappa shape index (κ3) is 4.96. The van der Waals surface area contributed by atoms with Gasteiger partial charge in [-0.15, -0.1) is 0 Å². The van der Waals surface area contributed by atoms with Crippen LogP contribution in [0.5, 0.6) is 0 Å². The third-order valence-corrected chi connectivity index (χ3v) is 6.08. The summed E-state index contributed by atoms with van der Waals surface area (Å²) in [6.07, 6.45) is 3.38. The highest BCUT2D eigenvalue weighted by Crippen LogP contribution is 2.32. The molecule has 1 unspecified atom stereocenters. The van der Waals surface area contributed by atoms with Gasteiger partial charge in [-0.3, -0.25) is 19.9 Å². The van der Waals surface area contributed by atoms with Crippen LogP contribution in [0.4, 0.5) is 21.9 Å². The molecule has 0 spiro atoms. The SMILES string of the molecule is CC1CCCCN1Cc1ccc(CNc2ccc([N+](=O)[O-])cc2N2CCOC2=O)cc1. The van der Waals surface area contributed by atoms with E-state index in [1.165, 1.54) is 41.9 Å². The highest BCUT2D eigenvalue weighted by atomic mass is 16.6. The quantitative estimate of drug-likeness (QED) is 0.519. The third-order valence-electron chi connectivity index (χ3n) is 6.08. The van der Waals surface area contributed by atoms with E-state index in [-0.39, 0.29) is 12.3 Å². The first-order chi connectivity index (χ1) is 15.0. The smallest absolute Gasteiger partial charge is 0.414 e. The summed E-state index contributed by atoms with van der Waals surface area (Å²) in [6, 6.07) is 13.7. The minimum Gasteiger partial charge on any atom is -0.447 e. The highest BCUT2D eigenvalue weighted by molar-refractivity contribution is 5.94. The standard InChI is InChI=1S/C23H28N4O4/c1-17-4-2-3-11-25(17)16-19-7-5-18(6-8-19)15-24-21-10-9-20(27(29)30)14-22(21)26-12-13-31-23(26)28/h5-10,14,17,24H,2-4,11-13,15-16H2,1H3. The van der Waals surface area contributed by atoms with Crippen LogP contribution in [0.25, 0.3) is 0 Å². The minimum atomic E-state index is -0.486. The number of nitrogens with one attached hydrogen (secondary N) is 1. The van der Waals surface area contributed by atoms with E-state index in [0.717, 1.165) is 18.7 Å². The molecule has 2 heterocycles. The first-order valence-corrected chi connectivity index (χ1v) is 10.8. The van der Waals surface area contributed by atoms with Crippen molar-refractivity contribution in [2.75, 3.05) is 29.9 Å². The van der Waals surface area contributed by atoms with Crippen LogP contribution >= 0.6 is 0 Å². The second-order valence-corrected chi connectivity index (χ2v) is 8.21. The lowest BCUT2D eigenvalue weighted by molar-refractivity contribution is -0.384. The van der Waals surface area contributed by atoms with E-state index in [4.69, 9.17) is 4.74 Å². The van der Waals surface area contributed by atoms with Crippen LogP contribution in [-0.2, 0) is 17.8 Å². The Balaban J connectivity index is 1.43. The first-order valence-electron chi connectivity index (χ1n) is 10.8. The zero-order valence-electron chi connectivity index (χ0n) is 17.8. The van der Waals surface area contributed by atoms with E-state index in [0.29, 0.717) is 30.5 Å². The number of ether oxygens (including phenoxy) is 1. The molecule has 2 aliphatic heterocycles. The number of anilines is 2. The average Bonchev–Trinajstić information content (AvgIpc) is 3.20. The van der Waals surface area contributed by atoms with Gasteiger partial charge in [0.05, 0.1) is 22.8 Å². The van der Waals surface area contributed by atoms with Gasteiger partial charge in [0.25, 0.3) is 5.69 Å². The Kier molecular flexibility index (Phi) is 6.36. The van der Waals surface area contributed by atoms with Crippen molar-refractivity contribution < 1.29 is 14.5 Å². The summed E-state index contributed by atoms with van der Waals surface area (Å²) in [5.74, 6) is 0. The Bertz CT molecular complexity index is 947. The largest absolute Gasteiger partial charge is 0.447 e. The molecule has 0 radical (unpaired) electrons. The summed E-state index contributed by atoms with van der Waals surface area (Å²) in [5, 5.41) is 14.5. The molecule has 8 heteroatoms. The normalized spacial score (nSPS) is 19.3. The summed E-state index contributed by atoms with van der Waals surface area (Å²) < 4.78 is 5.01. The second-order valence-electron chi connectivity index (χ2n) is 8.21. The van der Waals surface area contributed by atoms with Crippen molar-refractivity contribution in [2.24, 2.45) is 0 Å². The molecule has 1 amide bonds. The van der Waals surface area contributed by atoms with E-state index in [9.17, 15) is 14.9 Å². The lowest BCUT2D eigenvalue weighted by atomic mass is 10.0. The summed E-state index contributed by atoms with van der Waals surface area (Å²) in [5.41, 5.74) is 3.47. The van der Waals surface area contributed by atoms with Crippen LogP contribution in [0.2, 0.25) is 0 Å². The molecule has 0 aromatic heterocycles. The van der Waals surface area contributed by atoms with Gasteiger partial charge in [-0.05, 0) is 43.5 Å². The molecule has 2 saturated heterocycles. The second kappa shape index (κ2) is 9.34. The van der Waals surface area contributed by atoms with Gasteiger partial charge in [0, 0.05) is 31.3 Å². The Labute approximate surface area is 181 Å². The fourth-order valence-corrected chi connectivity index (χ4v) is 4.21. The summed E-state index contributed by atoms with van der Waals surface area (Å²) in [4.78, 5) is 26.7. The maximum absolute atomic E-state index is 12.0. The zero-order chi connectivity index (χ0) is 21.8. The minimum absolute atomic E-state index is 0.0588. The molecule has 2 aromatic carbocycles. The van der Waals surface area contributed by atoms with Gasteiger partial charge in [0.2, 0.25) is 0 Å². The fourth-order valence-electron chi connectivity index (χ4n) is 4.21. The van der Waals surface area contributed by atoms with Crippen molar-refractivity contribution in [3.05, 3.63) is 63.7 Å². The van der Waals surface area contributed by atoms with Crippen LogP contribution in [0, 0.1) is 10.1 Å². The molecule has 31 heavy (non-hydrogen) atoms. The van der Waals surface area contributed by atoms with Gasteiger partial charge in [0.15, 0.2) is 0 Å². The topological polar surface area (TPSA) is 87.9 Å². The molecule has 0 bridgehead atoms. The fraction of sp³-hybridized carbons (Fsp3) is 0.435. The molecular weight excluding hydrogens is 396 g/mol. The molecule has 4 rings (SSSR count). The summed E-state index contributed by atoms with van der Waals surface area (Å²) >= 11 is 0. The number of amides is 1. The molecule has 2 aliphatic rings. The van der Waals surface area contributed by atoms with Gasteiger partial charge in [-0.1, -0.05) is 30.7 Å². The van der Waals surface area contributed by atoms with Crippen LogP contribution in [0.15, 0.2) is 42.5 Å². The van der Waals surface area contributed by atoms with Gasteiger partial charge in [-0.2, -0.15) is 0 Å². The predicted octanol–water partition coefficient (Wildman–Crippen LogP) is 4.54. The summed E-state index contributed by atoms with van der Waals surface area (Å²) in [7, 11) is 0. The Hall–Kier alpha value is -3.13. The Morgan fingerprint density at radius 3 is 2.58 bits per heavy atom. The molecule has 1 atom stereocenters. The number of nitro groups is 1. The molecular formula is C23H28N4O4. The van der Waals surface area contributed by atoms with Gasteiger partial charge in [0.1, 0.15) is 6.61 Å². The van der Waals surface area contributed by atoms with E-state index in [2.05, 4.69) is 41.4 Å². The number of piperidine rings is 1. The maximum atomic E-state index is 12.0. The Morgan fingerprint density at radius 2 is 1.90 bits per heavy atom. The van der Waals surface area contributed by atoms with Crippen LogP contribution < -0.4 is 10.2 Å². The van der Waals surface area contributed by atoms with Crippen molar-refractivity contribution in [3.8, 4) is 0 Å². The maximum Gasteiger partial charge on any atom is 0.414 e. The number of cyclic esters (lactones) is 1. The lowest BCUT2D eigenvalue weighted by Gasteiger charge is -2.33. The molecule has 0 aliphatic carbocycles. The molecule has 164 valence electrons. The van der Waals surface area contributed by atoms with E-state index in [1.807, 2.05) is 0 Å². The number of rotatable bonds is 7. The van der Waals surface area contributed by atoms with Gasteiger partial charge in [-0.25, -0.2) is 4.79 Å². The van der Waals surface area contributed by atoms with Gasteiger partial charge >= 0.3 is 6.09 Å². The number of hydrogen-bond acceptors (Lipinski definition) is 6. The predicted molar refractivity (Wildman–Crippen MR) is 119 cm³/mol. The van der Waals surface area contributed by atoms with E-state index < -0.39 is 11.0 Å². The molecule has 1 N–H and O–H groups in total. The number of likely N-dealkylation sites (tertiary alicyclic amines) is 1. The zero-order valence-corrected chi connectivity index (χ0v) is 17.8. The van der Waals surface area contributed by atoms with Crippen LogP contribution in [0.1, 0.15) is 37.3 Å². The van der Waals surface area contributed by atoms with Crippen LogP contribution in [-0.4, -0.2) is 41.7 Å². The Morgan fingerprint density at radius 1 is 1.13 bits per heavy atom. The summed E-state index contributed by atoms with van der Waals surface area (Å²) in [6.45, 7) is 5.63. The number of benzene rings is 2. The molecule has 8 nitrogen and oxygen atoms in total.